The van der Waals surface area contributed by atoms with Crippen LogP contribution in [-0.2, 0) is 16.0 Å². The fraction of sp³-hybridized carbons (Fsp3) is 0.304. The Morgan fingerprint density at radius 2 is 2.00 bits per heavy atom. The molecule has 0 bridgehead atoms. The number of nitrogens with two attached hydrogens (primary N) is 2. The molecule has 0 heterocycles. The molecule has 30 heavy (non-hydrogen) atoms. The van der Waals surface area contributed by atoms with Gasteiger partial charge in [-0.3, -0.25) is 4.79 Å². The molecule has 7 heteroatoms. The molecule has 0 radical (unpaired) electrons. The number of nitrogens with zero attached hydrogens (tertiary/aromatic N) is 1. The number of hydrogen-bond acceptors (Lipinski definition) is 7. The molecule has 0 fully saturated rings. The van der Waals surface area contributed by atoms with Crippen LogP contribution in [0.25, 0.3) is 5.57 Å². The maximum atomic E-state index is 12.4. The van der Waals surface area contributed by atoms with E-state index in [2.05, 4.69) is 0 Å². The Morgan fingerprint density at radius 3 is 2.63 bits per heavy atom. The summed E-state index contributed by atoms with van der Waals surface area (Å²) in [4.78, 5) is 24.8. The van der Waals surface area contributed by atoms with Gasteiger partial charge in [-0.1, -0.05) is 12.1 Å². The van der Waals surface area contributed by atoms with Gasteiger partial charge < -0.3 is 20.2 Å². The summed E-state index contributed by atoms with van der Waals surface area (Å²) in [6.07, 6.45) is 2.53. The minimum Gasteiger partial charge on any atom is -0.494 e. The summed E-state index contributed by atoms with van der Waals surface area (Å²) in [5, 5.41) is 1.38. The molecule has 1 aliphatic rings. The minimum atomic E-state index is -0.469. The number of rotatable bonds is 6. The first kappa shape index (κ1) is 21.4. The fourth-order valence-corrected chi connectivity index (χ4v) is 3.97. The van der Waals surface area contributed by atoms with Crippen molar-refractivity contribution in [1.82, 2.24) is 0 Å². The first-order valence-electron chi connectivity index (χ1n) is 9.79. The number of methoxy groups -OCH3 is 1. The Labute approximate surface area is 176 Å². The van der Waals surface area contributed by atoms with Crippen LogP contribution in [0.5, 0.6) is 5.75 Å². The number of ether oxygens (including phenoxy) is 2. The van der Waals surface area contributed by atoms with Crippen molar-refractivity contribution in [3.63, 3.8) is 0 Å². The maximum absolute atomic E-state index is 12.4. The smallest absolute Gasteiger partial charge is 0.331 e. The van der Waals surface area contributed by atoms with E-state index < -0.39 is 5.97 Å². The van der Waals surface area contributed by atoms with Crippen molar-refractivity contribution < 1.29 is 19.1 Å². The molecule has 2 aromatic carbocycles. The molecule has 0 saturated carbocycles. The standard InChI is InChI=1S/C23H27N3O4/c1-5-30-21(28)12-17(14-10-18(24)23(26(3)25)20(11-14)29-4)15-7-6-13(2)22-16(15)8-9-19(22)27/h6-7,10-12H,5,8-9,24-25H2,1-4H3/b17-12-. The van der Waals surface area contributed by atoms with Crippen LogP contribution in [0.2, 0.25) is 0 Å². The van der Waals surface area contributed by atoms with Gasteiger partial charge in [0.1, 0.15) is 11.4 Å². The van der Waals surface area contributed by atoms with Gasteiger partial charge in [0.05, 0.1) is 19.4 Å². The highest BCUT2D eigenvalue weighted by atomic mass is 16.5. The topological polar surface area (TPSA) is 108 Å². The van der Waals surface area contributed by atoms with Crippen molar-refractivity contribution >= 4 is 28.7 Å². The average molecular weight is 409 g/mol. The van der Waals surface area contributed by atoms with E-state index in [-0.39, 0.29) is 12.4 Å². The zero-order chi connectivity index (χ0) is 22.0. The summed E-state index contributed by atoms with van der Waals surface area (Å²) in [5.41, 5.74) is 11.9. The number of hydrogen-bond donors (Lipinski definition) is 2. The zero-order valence-corrected chi connectivity index (χ0v) is 17.7. The lowest BCUT2D eigenvalue weighted by molar-refractivity contribution is -0.137. The summed E-state index contributed by atoms with van der Waals surface area (Å²) in [6.45, 7) is 3.93. The van der Waals surface area contributed by atoms with E-state index in [4.69, 9.17) is 21.1 Å². The van der Waals surface area contributed by atoms with Gasteiger partial charge in [-0.15, -0.1) is 0 Å². The fourth-order valence-electron chi connectivity index (χ4n) is 3.97. The highest BCUT2D eigenvalue weighted by Gasteiger charge is 2.27. The molecular formula is C23H27N3O4. The highest BCUT2D eigenvalue weighted by molar-refractivity contribution is 6.05. The Kier molecular flexibility index (Phi) is 6.12. The van der Waals surface area contributed by atoms with Crippen LogP contribution in [0.15, 0.2) is 30.3 Å². The van der Waals surface area contributed by atoms with E-state index >= 15 is 0 Å². The van der Waals surface area contributed by atoms with Crippen LogP contribution < -0.4 is 21.3 Å². The van der Waals surface area contributed by atoms with Gasteiger partial charge in [0.15, 0.2) is 5.78 Å². The highest BCUT2D eigenvalue weighted by Crippen LogP contribution is 2.40. The monoisotopic (exact) mass is 409 g/mol. The molecule has 0 aliphatic heterocycles. The van der Waals surface area contributed by atoms with E-state index in [1.54, 1.807) is 26.1 Å². The van der Waals surface area contributed by atoms with E-state index in [1.807, 2.05) is 19.1 Å². The van der Waals surface area contributed by atoms with E-state index in [0.29, 0.717) is 41.1 Å². The first-order valence-corrected chi connectivity index (χ1v) is 9.79. The molecule has 4 N–H and O–H groups in total. The number of esters is 1. The predicted octanol–water partition coefficient (Wildman–Crippen LogP) is 3.02. The number of Topliss-reactive ketones (excluding diaryl/α,β-unsaturated/α-hetero) is 1. The van der Waals surface area contributed by atoms with Crippen molar-refractivity contribution in [1.29, 1.82) is 0 Å². The van der Waals surface area contributed by atoms with Crippen LogP contribution in [-0.4, -0.2) is 32.5 Å². The molecular weight excluding hydrogens is 382 g/mol. The van der Waals surface area contributed by atoms with Crippen LogP contribution >= 0.6 is 0 Å². The second kappa shape index (κ2) is 8.59. The van der Waals surface area contributed by atoms with Crippen LogP contribution in [0.4, 0.5) is 11.4 Å². The first-order chi connectivity index (χ1) is 14.3. The third kappa shape index (κ3) is 3.89. The van der Waals surface area contributed by atoms with Crippen molar-refractivity contribution in [2.45, 2.75) is 26.7 Å². The Balaban J connectivity index is 2.26. The Morgan fingerprint density at radius 1 is 1.27 bits per heavy atom. The van der Waals surface area contributed by atoms with Crippen molar-refractivity contribution in [3.05, 3.63) is 58.2 Å². The summed E-state index contributed by atoms with van der Waals surface area (Å²) in [6, 6.07) is 7.36. The number of benzene rings is 2. The van der Waals surface area contributed by atoms with Crippen LogP contribution in [0.3, 0.4) is 0 Å². The van der Waals surface area contributed by atoms with Gasteiger partial charge >= 0.3 is 5.97 Å². The number of nitrogen functional groups attached to an aromatic ring is 1. The Hall–Kier alpha value is -3.32. The number of fused-ring (bicyclic) bond motifs is 1. The van der Waals surface area contributed by atoms with E-state index in [1.165, 1.54) is 18.2 Å². The molecule has 0 unspecified atom stereocenters. The largest absolute Gasteiger partial charge is 0.494 e. The van der Waals surface area contributed by atoms with Gasteiger partial charge in [-0.2, -0.15) is 0 Å². The molecule has 7 nitrogen and oxygen atoms in total. The molecule has 1 aliphatic carbocycles. The molecule has 158 valence electrons. The average Bonchev–Trinajstić information content (AvgIpc) is 3.08. The number of anilines is 2. The normalized spacial score (nSPS) is 13.2. The van der Waals surface area contributed by atoms with Gasteiger partial charge in [0.25, 0.3) is 0 Å². The lowest BCUT2D eigenvalue weighted by Crippen LogP contribution is -2.26. The predicted molar refractivity (Wildman–Crippen MR) is 118 cm³/mol. The number of ketones is 1. The van der Waals surface area contributed by atoms with Gasteiger partial charge in [-0.05, 0) is 60.2 Å². The van der Waals surface area contributed by atoms with Crippen molar-refractivity contribution in [2.24, 2.45) is 5.84 Å². The molecule has 2 aromatic rings. The van der Waals surface area contributed by atoms with E-state index in [0.717, 1.165) is 22.3 Å². The second-order valence-corrected chi connectivity index (χ2v) is 7.24. The summed E-state index contributed by atoms with van der Waals surface area (Å²) >= 11 is 0. The summed E-state index contributed by atoms with van der Waals surface area (Å²) < 4.78 is 10.7. The molecule has 0 amide bonds. The zero-order valence-electron chi connectivity index (χ0n) is 17.7. The van der Waals surface area contributed by atoms with Gasteiger partial charge in [0, 0.05) is 25.1 Å². The van der Waals surface area contributed by atoms with Gasteiger partial charge in [0.2, 0.25) is 0 Å². The summed E-state index contributed by atoms with van der Waals surface area (Å²) in [5.74, 6) is 6.03. The number of aryl methyl sites for hydroxylation is 1. The SMILES string of the molecule is CCOC(=O)/C=C(/c1cc(N)c(N(C)N)c(OC)c1)c1ccc(C)c2c1CCC2=O. The molecule has 3 rings (SSSR count). The molecule has 0 saturated heterocycles. The number of carbonyl (C=O) groups is 2. The van der Waals surface area contributed by atoms with Crippen molar-refractivity contribution in [3.8, 4) is 5.75 Å². The quantitative estimate of drug-likeness (QED) is 0.248. The maximum Gasteiger partial charge on any atom is 0.331 e. The summed E-state index contributed by atoms with van der Waals surface area (Å²) in [7, 11) is 3.20. The molecule has 0 spiro atoms. The van der Waals surface area contributed by atoms with Crippen molar-refractivity contribution in [2.75, 3.05) is 31.5 Å². The van der Waals surface area contributed by atoms with E-state index in [9.17, 15) is 9.59 Å². The molecule has 0 aromatic heterocycles. The number of hydrazine groups is 1. The Bertz CT molecular complexity index is 1040. The van der Waals surface area contributed by atoms with Crippen LogP contribution in [0.1, 0.15) is 46.0 Å². The lowest BCUT2D eigenvalue weighted by Gasteiger charge is -2.21. The number of carbonyl (C=O) groups excluding carboxylic acids is 2. The molecule has 0 atom stereocenters. The minimum absolute atomic E-state index is 0.122. The second-order valence-electron chi connectivity index (χ2n) is 7.24. The van der Waals surface area contributed by atoms with Gasteiger partial charge in [-0.25, -0.2) is 10.6 Å². The lowest BCUT2D eigenvalue weighted by atomic mass is 9.89. The third-order valence-corrected chi connectivity index (χ3v) is 5.23. The van der Waals surface area contributed by atoms with Crippen LogP contribution in [0, 0.1) is 6.92 Å². The third-order valence-electron chi connectivity index (χ3n) is 5.23.